The van der Waals surface area contributed by atoms with Crippen molar-refractivity contribution in [3.8, 4) is 5.69 Å². The number of pyridine rings is 1. The Bertz CT molecular complexity index is 1180. The van der Waals surface area contributed by atoms with Crippen LogP contribution >= 0.6 is 12.2 Å². The van der Waals surface area contributed by atoms with E-state index in [1.54, 1.807) is 0 Å². The molecule has 5 nitrogen and oxygen atoms in total. The van der Waals surface area contributed by atoms with Crippen LogP contribution in [0.4, 0.5) is 5.69 Å². The minimum absolute atomic E-state index is 0.0156. The topological polar surface area (TPSA) is 45.1 Å². The maximum absolute atomic E-state index is 5.83. The Morgan fingerprint density at radius 2 is 1.64 bits per heavy atom. The maximum atomic E-state index is 5.83. The Balaban J connectivity index is 1.41. The van der Waals surface area contributed by atoms with Gasteiger partial charge in [-0.15, -0.1) is 0 Å². The fourth-order valence-corrected chi connectivity index (χ4v) is 4.80. The Morgan fingerprint density at radius 3 is 2.39 bits per heavy atom. The molecule has 0 aliphatic carbocycles. The molecule has 0 bridgehead atoms. The SMILES string of the molecule is S=C1N[C@H](c2ccccn2)[C@@H](c2cccn2-c2ccccc2)N1CCCNc1ccccc1. The normalized spacial score (nSPS) is 17.7. The van der Waals surface area contributed by atoms with Crippen molar-refractivity contribution in [2.24, 2.45) is 0 Å². The van der Waals surface area contributed by atoms with Gasteiger partial charge in [-0.3, -0.25) is 4.98 Å². The molecule has 33 heavy (non-hydrogen) atoms. The van der Waals surface area contributed by atoms with Crippen LogP contribution in [0.1, 0.15) is 29.9 Å². The smallest absolute Gasteiger partial charge is 0.170 e. The highest BCUT2D eigenvalue weighted by atomic mass is 32.1. The van der Waals surface area contributed by atoms with E-state index in [9.17, 15) is 0 Å². The van der Waals surface area contributed by atoms with E-state index in [4.69, 9.17) is 12.2 Å². The van der Waals surface area contributed by atoms with Gasteiger partial charge in [0.1, 0.15) is 0 Å². The zero-order chi connectivity index (χ0) is 22.5. The first-order chi connectivity index (χ1) is 16.3. The summed E-state index contributed by atoms with van der Waals surface area (Å²) in [6.45, 7) is 1.73. The van der Waals surface area contributed by atoms with Crippen molar-refractivity contribution < 1.29 is 0 Å². The van der Waals surface area contributed by atoms with Gasteiger partial charge in [0, 0.05) is 42.6 Å². The Kier molecular flexibility index (Phi) is 6.35. The van der Waals surface area contributed by atoms with Gasteiger partial charge in [-0.25, -0.2) is 0 Å². The molecule has 166 valence electrons. The largest absolute Gasteiger partial charge is 0.385 e. The molecule has 6 heteroatoms. The van der Waals surface area contributed by atoms with Crippen LogP contribution in [0.5, 0.6) is 0 Å². The standard InChI is InChI=1S/C27H27N5S/c33-27-30-25(23-15-7-8-17-29-23)26(24-16-9-19-31(24)22-13-5-2-6-14-22)32(27)20-10-18-28-21-11-3-1-4-12-21/h1-9,11-17,19,25-26,28H,10,18,20H2,(H,30,33)/t25-,26-/m1/s1. The fourth-order valence-electron chi connectivity index (χ4n) is 4.46. The van der Waals surface area contributed by atoms with Gasteiger partial charge in [0.2, 0.25) is 0 Å². The van der Waals surface area contributed by atoms with E-state index in [1.165, 1.54) is 5.69 Å². The van der Waals surface area contributed by atoms with Crippen LogP contribution in [0, 0.1) is 0 Å². The van der Waals surface area contributed by atoms with Crippen LogP contribution in [-0.2, 0) is 0 Å². The Morgan fingerprint density at radius 1 is 0.879 bits per heavy atom. The number of anilines is 1. The van der Waals surface area contributed by atoms with Gasteiger partial charge < -0.3 is 20.1 Å². The summed E-state index contributed by atoms with van der Waals surface area (Å²) >= 11 is 5.83. The van der Waals surface area contributed by atoms with Crippen molar-refractivity contribution in [1.82, 2.24) is 19.8 Å². The zero-order valence-corrected chi connectivity index (χ0v) is 19.2. The number of rotatable bonds is 8. The summed E-state index contributed by atoms with van der Waals surface area (Å²) in [5.74, 6) is 0. The number of aromatic nitrogens is 2. The molecule has 0 unspecified atom stereocenters. The van der Waals surface area contributed by atoms with Gasteiger partial charge >= 0.3 is 0 Å². The van der Waals surface area contributed by atoms with Gasteiger partial charge in [-0.1, -0.05) is 42.5 Å². The van der Waals surface area contributed by atoms with E-state index in [1.807, 2.05) is 42.6 Å². The van der Waals surface area contributed by atoms with E-state index in [-0.39, 0.29) is 12.1 Å². The van der Waals surface area contributed by atoms with Crippen molar-refractivity contribution in [3.63, 3.8) is 0 Å². The molecular weight excluding hydrogens is 426 g/mol. The second kappa shape index (κ2) is 9.88. The number of para-hydroxylation sites is 2. The van der Waals surface area contributed by atoms with Crippen molar-refractivity contribution in [2.45, 2.75) is 18.5 Å². The Labute approximate surface area is 200 Å². The van der Waals surface area contributed by atoms with Crippen molar-refractivity contribution in [2.75, 3.05) is 18.4 Å². The highest BCUT2D eigenvalue weighted by Gasteiger charge is 2.40. The third-order valence-corrected chi connectivity index (χ3v) is 6.35. The van der Waals surface area contributed by atoms with E-state index in [2.05, 4.69) is 85.9 Å². The third-order valence-electron chi connectivity index (χ3n) is 5.99. The average Bonchev–Trinajstić information content (AvgIpc) is 3.48. The highest BCUT2D eigenvalue weighted by Crippen LogP contribution is 2.39. The minimum atomic E-state index is -0.0156. The summed E-state index contributed by atoms with van der Waals surface area (Å²) in [6, 6.07) is 31.1. The molecule has 2 aromatic carbocycles. The number of nitrogens with one attached hydrogen (secondary N) is 2. The van der Waals surface area contributed by atoms with Gasteiger partial charge in [0.15, 0.2) is 5.11 Å². The first-order valence-corrected chi connectivity index (χ1v) is 11.7. The molecule has 0 saturated carbocycles. The second-order valence-corrected chi connectivity index (χ2v) is 8.49. The summed E-state index contributed by atoms with van der Waals surface area (Å²) in [7, 11) is 0. The molecule has 0 spiro atoms. The van der Waals surface area contributed by atoms with Crippen LogP contribution in [-0.4, -0.2) is 32.7 Å². The van der Waals surface area contributed by atoms with Gasteiger partial charge in [-0.2, -0.15) is 0 Å². The van der Waals surface area contributed by atoms with E-state index in [0.717, 1.165) is 41.7 Å². The van der Waals surface area contributed by atoms with Gasteiger partial charge in [-0.05, 0) is 67.2 Å². The lowest BCUT2D eigenvalue weighted by molar-refractivity contribution is 0.307. The van der Waals surface area contributed by atoms with Crippen LogP contribution in [0.2, 0.25) is 0 Å². The van der Waals surface area contributed by atoms with E-state index < -0.39 is 0 Å². The summed E-state index contributed by atoms with van der Waals surface area (Å²) in [5, 5.41) is 7.84. The Hall–Kier alpha value is -3.64. The molecule has 1 fully saturated rings. The highest BCUT2D eigenvalue weighted by molar-refractivity contribution is 7.80. The molecule has 0 radical (unpaired) electrons. The number of hydrogen-bond acceptors (Lipinski definition) is 3. The third kappa shape index (κ3) is 4.61. The fraction of sp³-hybridized carbons (Fsp3) is 0.185. The maximum Gasteiger partial charge on any atom is 0.170 e. The molecule has 2 N–H and O–H groups in total. The first-order valence-electron chi connectivity index (χ1n) is 11.3. The molecule has 4 aromatic rings. The van der Waals surface area contributed by atoms with Crippen LogP contribution in [0.3, 0.4) is 0 Å². The predicted octanol–water partition coefficient (Wildman–Crippen LogP) is 5.35. The molecule has 1 saturated heterocycles. The molecule has 2 aromatic heterocycles. The molecule has 3 heterocycles. The summed E-state index contributed by atoms with van der Waals surface area (Å²) in [5.41, 5.74) is 4.47. The number of nitrogens with zero attached hydrogens (tertiary/aromatic N) is 3. The summed E-state index contributed by atoms with van der Waals surface area (Å²) in [6.07, 6.45) is 4.94. The van der Waals surface area contributed by atoms with Crippen LogP contribution in [0.15, 0.2) is 103 Å². The molecule has 2 atom stereocenters. The molecule has 0 amide bonds. The molecular formula is C27H27N5S. The number of benzene rings is 2. The molecule has 5 rings (SSSR count). The first kappa shape index (κ1) is 21.2. The van der Waals surface area contributed by atoms with Gasteiger partial charge in [0.25, 0.3) is 0 Å². The lowest BCUT2D eigenvalue weighted by atomic mass is 10.0. The van der Waals surface area contributed by atoms with E-state index >= 15 is 0 Å². The predicted molar refractivity (Wildman–Crippen MR) is 137 cm³/mol. The van der Waals surface area contributed by atoms with Gasteiger partial charge in [0.05, 0.1) is 17.8 Å². The quantitative estimate of drug-likeness (QED) is 0.278. The second-order valence-electron chi connectivity index (χ2n) is 8.10. The van der Waals surface area contributed by atoms with Crippen molar-refractivity contribution in [3.05, 3.63) is 115 Å². The molecule has 1 aliphatic heterocycles. The van der Waals surface area contributed by atoms with Crippen LogP contribution < -0.4 is 10.6 Å². The van der Waals surface area contributed by atoms with Crippen molar-refractivity contribution in [1.29, 1.82) is 0 Å². The van der Waals surface area contributed by atoms with Crippen molar-refractivity contribution >= 4 is 23.0 Å². The van der Waals surface area contributed by atoms with Crippen LogP contribution in [0.25, 0.3) is 5.69 Å². The monoisotopic (exact) mass is 453 g/mol. The minimum Gasteiger partial charge on any atom is -0.385 e. The molecule has 1 aliphatic rings. The number of thiocarbonyl (C=S) groups is 1. The summed E-state index contributed by atoms with van der Waals surface area (Å²) < 4.78 is 2.26. The lowest BCUT2D eigenvalue weighted by Gasteiger charge is -2.29. The lowest BCUT2D eigenvalue weighted by Crippen LogP contribution is -2.32. The number of hydrogen-bond donors (Lipinski definition) is 2. The average molecular weight is 454 g/mol. The van der Waals surface area contributed by atoms with E-state index in [0.29, 0.717) is 0 Å². The zero-order valence-electron chi connectivity index (χ0n) is 18.3. The summed E-state index contributed by atoms with van der Waals surface area (Å²) in [4.78, 5) is 6.97.